The summed E-state index contributed by atoms with van der Waals surface area (Å²) in [6.07, 6.45) is 0. The van der Waals surface area contributed by atoms with Gasteiger partial charge in [0.05, 0.1) is 26.4 Å². The van der Waals surface area contributed by atoms with E-state index in [1.165, 1.54) is 9.75 Å². The number of halogens is 1. The fourth-order valence-electron chi connectivity index (χ4n) is 1.46. The van der Waals surface area contributed by atoms with Crippen molar-refractivity contribution in [1.82, 2.24) is 10.6 Å². The predicted molar refractivity (Wildman–Crippen MR) is 95.4 cm³/mol. The second-order valence-corrected chi connectivity index (χ2v) is 5.34. The summed E-state index contributed by atoms with van der Waals surface area (Å²) in [4.78, 5) is 6.79. The zero-order valence-electron chi connectivity index (χ0n) is 12.3. The Balaban J connectivity index is 0.00000361. The number of nitrogens with one attached hydrogen (secondary N) is 2. The lowest BCUT2D eigenvalue weighted by Crippen LogP contribution is -2.38. The molecule has 7 heteroatoms. The van der Waals surface area contributed by atoms with Gasteiger partial charge in [-0.2, -0.15) is 0 Å². The van der Waals surface area contributed by atoms with E-state index >= 15 is 0 Å². The summed E-state index contributed by atoms with van der Waals surface area (Å²) in [5.41, 5.74) is 0. The quantitative estimate of drug-likeness (QED) is 0.296. The molecule has 1 heterocycles. The van der Waals surface area contributed by atoms with Crippen LogP contribution in [0.15, 0.2) is 17.1 Å². The minimum absolute atomic E-state index is 0. The predicted octanol–water partition coefficient (Wildman–Crippen LogP) is 2.00. The molecule has 0 aliphatic rings. The number of hydrogen-bond acceptors (Lipinski definition) is 4. The van der Waals surface area contributed by atoms with Gasteiger partial charge in [-0.15, -0.1) is 35.3 Å². The second kappa shape index (κ2) is 12.4. The monoisotopic (exact) mass is 413 g/mol. The summed E-state index contributed by atoms with van der Waals surface area (Å²) in [5, 5.41) is 6.47. The van der Waals surface area contributed by atoms with Gasteiger partial charge in [-0.05, 0) is 19.1 Å². The minimum Gasteiger partial charge on any atom is -0.382 e. The Morgan fingerprint density at radius 1 is 1.25 bits per heavy atom. The molecule has 1 rings (SSSR count). The van der Waals surface area contributed by atoms with Gasteiger partial charge in [0.15, 0.2) is 5.96 Å². The number of aliphatic imine (C=N–C) groups is 1. The van der Waals surface area contributed by atoms with Crippen molar-refractivity contribution in [2.24, 2.45) is 4.99 Å². The van der Waals surface area contributed by atoms with Gasteiger partial charge < -0.3 is 20.1 Å². The van der Waals surface area contributed by atoms with Gasteiger partial charge >= 0.3 is 0 Å². The fraction of sp³-hybridized carbons (Fsp3) is 0.615. The summed E-state index contributed by atoms with van der Waals surface area (Å²) in [6, 6.07) is 4.26. The molecular weight excluding hydrogens is 389 g/mol. The average Bonchev–Trinajstić information content (AvgIpc) is 2.83. The molecule has 1 aromatic rings. The molecule has 2 N–H and O–H groups in total. The van der Waals surface area contributed by atoms with Crippen molar-refractivity contribution in [2.45, 2.75) is 13.5 Å². The van der Waals surface area contributed by atoms with Crippen molar-refractivity contribution >= 4 is 41.3 Å². The molecule has 20 heavy (non-hydrogen) atoms. The smallest absolute Gasteiger partial charge is 0.191 e. The highest BCUT2D eigenvalue weighted by Gasteiger charge is 1.99. The number of nitrogens with zero attached hydrogens (tertiary/aromatic N) is 1. The lowest BCUT2D eigenvalue weighted by atomic mass is 10.4. The zero-order chi connectivity index (χ0) is 13.9. The first-order chi connectivity index (χ1) is 9.26. The molecule has 116 valence electrons. The van der Waals surface area contributed by atoms with E-state index < -0.39 is 0 Å². The van der Waals surface area contributed by atoms with Crippen LogP contribution in [0, 0.1) is 6.92 Å². The van der Waals surface area contributed by atoms with Gasteiger partial charge in [0, 0.05) is 30.5 Å². The van der Waals surface area contributed by atoms with E-state index in [1.54, 1.807) is 25.5 Å². The third-order valence-electron chi connectivity index (χ3n) is 2.42. The van der Waals surface area contributed by atoms with Crippen molar-refractivity contribution in [3.8, 4) is 0 Å². The van der Waals surface area contributed by atoms with Crippen LogP contribution in [-0.4, -0.2) is 46.5 Å². The van der Waals surface area contributed by atoms with E-state index in [0.29, 0.717) is 19.8 Å². The van der Waals surface area contributed by atoms with Crippen LogP contribution in [0.25, 0.3) is 0 Å². The number of rotatable bonds is 8. The summed E-state index contributed by atoms with van der Waals surface area (Å²) in [6.45, 7) is 5.53. The van der Waals surface area contributed by atoms with Crippen molar-refractivity contribution < 1.29 is 9.47 Å². The highest BCUT2D eigenvalue weighted by atomic mass is 127. The molecule has 0 radical (unpaired) electrons. The average molecular weight is 413 g/mol. The van der Waals surface area contributed by atoms with E-state index in [9.17, 15) is 0 Å². The van der Waals surface area contributed by atoms with E-state index in [4.69, 9.17) is 9.47 Å². The van der Waals surface area contributed by atoms with Crippen molar-refractivity contribution in [3.63, 3.8) is 0 Å². The number of methoxy groups -OCH3 is 1. The third kappa shape index (κ3) is 8.72. The molecule has 0 bridgehead atoms. The highest BCUT2D eigenvalue weighted by Crippen LogP contribution is 2.14. The number of hydrogen-bond donors (Lipinski definition) is 2. The van der Waals surface area contributed by atoms with Crippen molar-refractivity contribution in [1.29, 1.82) is 0 Å². The van der Waals surface area contributed by atoms with Gasteiger partial charge in [0.1, 0.15) is 0 Å². The number of guanidine groups is 1. The van der Waals surface area contributed by atoms with Gasteiger partial charge in [0.25, 0.3) is 0 Å². The Bertz CT molecular complexity index is 385. The maximum atomic E-state index is 5.37. The topological polar surface area (TPSA) is 54.9 Å². The zero-order valence-corrected chi connectivity index (χ0v) is 15.4. The van der Waals surface area contributed by atoms with Crippen LogP contribution >= 0.6 is 35.3 Å². The van der Waals surface area contributed by atoms with E-state index in [-0.39, 0.29) is 24.0 Å². The number of thiophene rings is 1. The first kappa shape index (κ1) is 19.6. The molecule has 0 aromatic carbocycles. The molecule has 0 atom stereocenters. The van der Waals surface area contributed by atoms with Crippen LogP contribution in [-0.2, 0) is 16.0 Å². The Morgan fingerprint density at radius 3 is 2.65 bits per heavy atom. The molecule has 0 fully saturated rings. The molecule has 0 saturated heterocycles. The van der Waals surface area contributed by atoms with E-state index in [2.05, 4.69) is 34.7 Å². The van der Waals surface area contributed by atoms with Gasteiger partial charge in [-0.1, -0.05) is 0 Å². The van der Waals surface area contributed by atoms with Gasteiger partial charge in [0.2, 0.25) is 0 Å². The normalized spacial score (nSPS) is 11.1. The molecule has 0 spiro atoms. The molecule has 1 aromatic heterocycles. The lowest BCUT2D eigenvalue weighted by Gasteiger charge is -2.11. The van der Waals surface area contributed by atoms with Crippen LogP contribution in [0.2, 0.25) is 0 Å². The summed E-state index contributed by atoms with van der Waals surface area (Å²) in [7, 11) is 3.43. The summed E-state index contributed by atoms with van der Waals surface area (Å²) >= 11 is 1.79. The van der Waals surface area contributed by atoms with Gasteiger partial charge in [-0.3, -0.25) is 4.99 Å². The first-order valence-corrected chi connectivity index (χ1v) is 7.14. The molecule has 0 aliphatic carbocycles. The summed E-state index contributed by atoms with van der Waals surface area (Å²) in [5.74, 6) is 0.793. The summed E-state index contributed by atoms with van der Waals surface area (Å²) < 4.78 is 10.3. The highest BCUT2D eigenvalue weighted by molar-refractivity contribution is 14.0. The SMILES string of the molecule is CN=C(NCCOCCOC)NCc1ccc(C)s1.I. The van der Waals surface area contributed by atoms with E-state index in [1.807, 2.05) is 0 Å². The van der Waals surface area contributed by atoms with Crippen LogP contribution in [0.4, 0.5) is 0 Å². The Hall–Kier alpha value is -0.380. The molecule has 0 saturated carbocycles. The molecular formula is C13H24IN3O2S. The Labute approximate surface area is 142 Å². The number of aryl methyl sites for hydroxylation is 1. The van der Waals surface area contributed by atoms with Crippen LogP contribution < -0.4 is 10.6 Å². The maximum absolute atomic E-state index is 5.37. The second-order valence-electron chi connectivity index (χ2n) is 3.97. The third-order valence-corrected chi connectivity index (χ3v) is 3.42. The first-order valence-electron chi connectivity index (χ1n) is 6.32. The van der Waals surface area contributed by atoms with Crippen LogP contribution in [0.3, 0.4) is 0 Å². The largest absolute Gasteiger partial charge is 0.382 e. The Kier molecular flexibility index (Phi) is 12.1. The van der Waals surface area contributed by atoms with Crippen LogP contribution in [0.5, 0.6) is 0 Å². The van der Waals surface area contributed by atoms with Crippen molar-refractivity contribution in [2.75, 3.05) is 40.5 Å². The maximum Gasteiger partial charge on any atom is 0.191 e. The van der Waals surface area contributed by atoms with Crippen LogP contribution in [0.1, 0.15) is 9.75 Å². The fourth-order valence-corrected chi connectivity index (χ4v) is 2.29. The molecule has 0 aliphatic heterocycles. The standard InChI is InChI=1S/C13H23N3O2S.HI/c1-11-4-5-12(19-11)10-16-13(14-2)15-6-7-18-9-8-17-3;/h4-5H,6-10H2,1-3H3,(H2,14,15,16);1H. The van der Waals surface area contributed by atoms with Gasteiger partial charge in [-0.25, -0.2) is 0 Å². The number of ether oxygens (including phenoxy) is 2. The molecule has 0 amide bonds. The lowest BCUT2D eigenvalue weighted by molar-refractivity contribution is 0.0733. The molecule has 5 nitrogen and oxygen atoms in total. The minimum atomic E-state index is 0. The van der Waals surface area contributed by atoms with E-state index in [0.717, 1.165) is 19.0 Å². The van der Waals surface area contributed by atoms with Crippen molar-refractivity contribution in [3.05, 3.63) is 21.9 Å². The Morgan fingerprint density at radius 2 is 2.05 bits per heavy atom. The molecule has 0 unspecified atom stereocenters.